The molecule has 3 nitrogen and oxygen atoms in total. The zero-order chi connectivity index (χ0) is 15.7. The minimum atomic E-state index is -0.291. The molecule has 0 saturated carbocycles. The summed E-state index contributed by atoms with van der Waals surface area (Å²) in [6.45, 7) is 4.16. The highest BCUT2D eigenvalue weighted by Crippen LogP contribution is 2.33. The second-order valence-corrected chi connectivity index (χ2v) is 6.95. The second-order valence-electron chi connectivity index (χ2n) is 5.10. The summed E-state index contributed by atoms with van der Waals surface area (Å²) in [5, 5.41) is 0. The van der Waals surface area contributed by atoms with E-state index in [1.54, 1.807) is 18.7 Å². The van der Waals surface area contributed by atoms with E-state index in [-0.39, 0.29) is 5.63 Å². The van der Waals surface area contributed by atoms with E-state index in [4.69, 9.17) is 9.15 Å². The summed E-state index contributed by atoms with van der Waals surface area (Å²) >= 11 is 5.18. The van der Waals surface area contributed by atoms with E-state index in [2.05, 4.69) is 15.9 Å². The van der Waals surface area contributed by atoms with Crippen LogP contribution < -0.4 is 10.4 Å². The normalized spacial score (nSPS) is 13.5. The van der Waals surface area contributed by atoms with Gasteiger partial charge in [0.25, 0.3) is 0 Å². The predicted molar refractivity (Wildman–Crippen MR) is 92.8 cm³/mol. The minimum absolute atomic E-state index is 0.291. The maximum atomic E-state index is 12.1. The lowest BCUT2D eigenvalue weighted by molar-refractivity contribution is 0.365. The third-order valence-electron chi connectivity index (χ3n) is 3.47. The molecular weight excluding hydrogens is 364 g/mol. The molecule has 0 spiro atoms. The smallest absolute Gasteiger partial charge is 0.344 e. The number of ether oxygens (including phenoxy) is 1. The van der Waals surface area contributed by atoms with Crippen LogP contribution in [0.1, 0.15) is 16.9 Å². The Hall–Kier alpha value is -1.46. The number of fused-ring (bicyclic) bond motifs is 1. The van der Waals surface area contributed by atoms with Gasteiger partial charge in [-0.3, -0.25) is 0 Å². The molecule has 114 valence electrons. The van der Waals surface area contributed by atoms with Crippen molar-refractivity contribution in [1.29, 1.82) is 0 Å². The number of aryl methyl sites for hydroxylation is 2. The van der Waals surface area contributed by atoms with Gasteiger partial charge in [0.2, 0.25) is 0 Å². The molecule has 5 heteroatoms. The van der Waals surface area contributed by atoms with Crippen LogP contribution in [0.25, 0.3) is 5.57 Å². The van der Waals surface area contributed by atoms with Crippen molar-refractivity contribution in [3.63, 3.8) is 0 Å². The van der Waals surface area contributed by atoms with Gasteiger partial charge in [0.05, 0.1) is 10.0 Å². The van der Waals surface area contributed by atoms with Gasteiger partial charge in [-0.1, -0.05) is 18.2 Å². The molecule has 1 aromatic carbocycles. The number of halogens is 1. The first-order valence-corrected chi connectivity index (χ1v) is 8.69. The van der Waals surface area contributed by atoms with E-state index in [0.717, 1.165) is 32.0 Å². The Labute approximate surface area is 141 Å². The lowest BCUT2D eigenvalue weighted by Gasteiger charge is -2.17. The summed E-state index contributed by atoms with van der Waals surface area (Å²) in [4.78, 5) is 13.1. The molecule has 3 rings (SSSR count). The van der Waals surface area contributed by atoms with Crippen LogP contribution in [0.5, 0.6) is 5.75 Å². The Morgan fingerprint density at radius 1 is 1.36 bits per heavy atom. The van der Waals surface area contributed by atoms with Crippen LogP contribution in [0.4, 0.5) is 0 Å². The van der Waals surface area contributed by atoms with Crippen LogP contribution in [0, 0.1) is 13.8 Å². The van der Waals surface area contributed by atoms with Crippen molar-refractivity contribution in [2.24, 2.45) is 0 Å². The fraction of sp³-hybridized carbons (Fsp3) is 0.235. The molecule has 2 aromatic rings. The van der Waals surface area contributed by atoms with Crippen LogP contribution >= 0.6 is 27.7 Å². The number of thioether (sulfide) groups is 1. The Morgan fingerprint density at radius 3 is 3.00 bits per heavy atom. The molecule has 0 saturated heterocycles. The van der Waals surface area contributed by atoms with Crippen molar-refractivity contribution < 1.29 is 9.15 Å². The van der Waals surface area contributed by atoms with Crippen molar-refractivity contribution in [3.8, 4) is 5.75 Å². The van der Waals surface area contributed by atoms with Crippen LogP contribution in [0.3, 0.4) is 0 Å². The average Bonchev–Trinajstić information content (AvgIpc) is 2.48. The molecular formula is C17H15BrO3S. The predicted octanol–water partition coefficient (Wildman–Crippen LogP) is 4.59. The first-order valence-electron chi connectivity index (χ1n) is 6.91. The van der Waals surface area contributed by atoms with Crippen molar-refractivity contribution in [1.82, 2.24) is 0 Å². The van der Waals surface area contributed by atoms with Gasteiger partial charge in [-0.2, -0.15) is 0 Å². The molecule has 1 aliphatic rings. The highest BCUT2D eigenvalue weighted by molar-refractivity contribution is 9.10. The second kappa shape index (κ2) is 6.34. The lowest BCUT2D eigenvalue weighted by atomic mass is 10.1. The number of hydrogen-bond donors (Lipinski definition) is 0. The largest absolute Gasteiger partial charge is 0.488 e. The zero-order valence-corrected chi connectivity index (χ0v) is 14.7. The minimum Gasteiger partial charge on any atom is -0.488 e. The molecule has 1 aromatic heterocycles. The Kier molecular flexibility index (Phi) is 4.45. The van der Waals surface area contributed by atoms with E-state index in [1.807, 2.05) is 37.3 Å². The maximum Gasteiger partial charge on any atom is 0.344 e. The summed E-state index contributed by atoms with van der Waals surface area (Å²) < 4.78 is 12.1. The summed E-state index contributed by atoms with van der Waals surface area (Å²) in [7, 11) is 0. The fourth-order valence-electron chi connectivity index (χ4n) is 2.34. The lowest BCUT2D eigenvalue weighted by Crippen LogP contribution is -2.15. The summed E-state index contributed by atoms with van der Waals surface area (Å²) in [6.07, 6.45) is 2.03. The fourth-order valence-corrected chi connectivity index (χ4v) is 3.79. The SMILES string of the molecule is Cc1cc2c(c(=O)o1)C(COc1cccc(C)c1Br)=CCS2. The molecule has 0 atom stereocenters. The summed E-state index contributed by atoms with van der Waals surface area (Å²) in [5.74, 6) is 2.25. The van der Waals surface area contributed by atoms with Gasteiger partial charge in [0, 0.05) is 16.2 Å². The van der Waals surface area contributed by atoms with Crippen molar-refractivity contribution in [2.45, 2.75) is 18.7 Å². The van der Waals surface area contributed by atoms with Gasteiger partial charge in [-0.25, -0.2) is 4.79 Å². The van der Waals surface area contributed by atoms with E-state index in [1.165, 1.54) is 0 Å². The molecule has 0 fully saturated rings. The highest BCUT2D eigenvalue weighted by Gasteiger charge is 2.19. The van der Waals surface area contributed by atoms with Gasteiger partial charge in [-0.05, 0) is 47.5 Å². The van der Waals surface area contributed by atoms with Gasteiger partial charge in [-0.15, -0.1) is 11.8 Å². The maximum absolute atomic E-state index is 12.1. The van der Waals surface area contributed by atoms with Crippen molar-refractivity contribution >= 4 is 33.3 Å². The van der Waals surface area contributed by atoms with Gasteiger partial charge < -0.3 is 9.15 Å². The van der Waals surface area contributed by atoms with E-state index >= 15 is 0 Å². The molecule has 22 heavy (non-hydrogen) atoms. The summed E-state index contributed by atoms with van der Waals surface area (Å²) in [5.41, 5.74) is 2.34. The molecule has 0 bridgehead atoms. The molecule has 0 aliphatic carbocycles. The molecule has 0 unspecified atom stereocenters. The van der Waals surface area contributed by atoms with Gasteiger partial charge >= 0.3 is 5.63 Å². The molecule has 2 heterocycles. The monoisotopic (exact) mass is 378 g/mol. The third kappa shape index (κ3) is 3.01. The van der Waals surface area contributed by atoms with E-state index in [0.29, 0.717) is 17.9 Å². The topological polar surface area (TPSA) is 39.4 Å². The Bertz CT molecular complexity index is 808. The Balaban J connectivity index is 1.87. The van der Waals surface area contributed by atoms with E-state index < -0.39 is 0 Å². The zero-order valence-electron chi connectivity index (χ0n) is 12.3. The number of benzene rings is 1. The van der Waals surface area contributed by atoms with Crippen molar-refractivity contribution in [2.75, 3.05) is 12.4 Å². The van der Waals surface area contributed by atoms with Gasteiger partial charge in [0.1, 0.15) is 18.1 Å². The van der Waals surface area contributed by atoms with Crippen molar-refractivity contribution in [3.05, 3.63) is 62.1 Å². The quantitative estimate of drug-likeness (QED) is 0.782. The van der Waals surface area contributed by atoms with E-state index in [9.17, 15) is 4.79 Å². The number of rotatable bonds is 3. The average molecular weight is 379 g/mol. The first kappa shape index (κ1) is 15.4. The van der Waals surface area contributed by atoms with Crippen LogP contribution in [-0.2, 0) is 0 Å². The molecule has 1 aliphatic heterocycles. The van der Waals surface area contributed by atoms with Gasteiger partial charge in [0.15, 0.2) is 0 Å². The highest BCUT2D eigenvalue weighted by atomic mass is 79.9. The number of hydrogen-bond acceptors (Lipinski definition) is 4. The molecule has 0 N–H and O–H groups in total. The standard InChI is InChI=1S/C17H15BrO3S/c1-10-4-3-5-13(16(10)18)20-9-12-6-7-22-14-8-11(2)21-17(19)15(12)14/h3-6,8H,7,9H2,1-2H3. The third-order valence-corrected chi connectivity index (χ3v) is 5.45. The van der Waals surface area contributed by atoms with Crippen LogP contribution in [0.15, 0.2) is 48.9 Å². The van der Waals surface area contributed by atoms with Crippen LogP contribution in [-0.4, -0.2) is 12.4 Å². The first-order chi connectivity index (χ1) is 10.6. The Morgan fingerprint density at radius 2 is 2.18 bits per heavy atom. The molecule has 0 amide bonds. The van der Waals surface area contributed by atoms with Crippen LogP contribution in [0.2, 0.25) is 0 Å². The molecule has 0 radical (unpaired) electrons. The summed E-state index contributed by atoms with van der Waals surface area (Å²) in [6, 6.07) is 7.79.